The summed E-state index contributed by atoms with van der Waals surface area (Å²) in [6, 6.07) is 4.39. The summed E-state index contributed by atoms with van der Waals surface area (Å²) < 4.78 is 1.84. The first-order valence-electron chi connectivity index (χ1n) is 6.03. The van der Waals surface area contributed by atoms with Gasteiger partial charge in [0.1, 0.15) is 0 Å². The summed E-state index contributed by atoms with van der Waals surface area (Å²) in [5.74, 6) is 0.978. The molecule has 1 amide bonds. The van der Waals surface area contributed by atoms with Crippen molar-refractivity contribution in [1.82, 2.24) is 9.88 Å². The van der Waals surface area contributed by atoms with Crippen LogP contribution in [0.5, 0.6) is 0 Å². The highest BCUT2D eigenvalue weighted by molar-refractivity contribution is 5.82. The first-order valence-corrected chi connectivity index (χ1v) is 6.03. The van der Waals surface area contributed by atoms with Crippen molar-refractivity contribution >= 4 is 6.03 Å². The molecule has 0 saturated heterocycles. The Morgan fingerprint density at radius 2 is 2.00 bits per heavy atom. The molecule has 0 saturated carbocycles. The standard InChI is InChI=1S/C13H20N2O/c1-8(2)7-10-12-6-5-11(9(3)4)15(12)13(16)14-10/h5-6,8-10H,7H2,1-4H3,(H,14,16)/t10-/m0/s1. The summed E-state index contributed by atoms with van der Waals surface area (Å²) >= 11 is 0. The smallest absolute Gasteiger partial charge is 0.326 e. The molecular formula is C13H20N2O. The van der Waals surface area contributed by atoms with Crippen LogP contribution in [0.15, 0.2) is 12.1 Å². The number of carbonyl (C=O) groups excluding carboxylic acids is 1. The number of nitrogens with one attached hydrogen (secondary N) is 1. The summed E-state index contributed by atoms with van der Waals surface area (Å²) in [6.07, 6.45) is 1.01. The van der Waals surface area contributed by atoms with Gasteiger partial charge in [-0.2, -0.15) is 0 Å². The molecule has 0 bridgehead atoms. The molecule has 3 heteroatoms. The minimum atomic E-state index is 0.0364. The second-order valence-corrected chi connectivity index (χ2v) is 5.30. The third kappa shape index (κ3) is 1.75. The van der Waals surface area contributed by atoms with E-state index in [1.165, 1.54) is 0 Å². The van der Waals surface area contributed by atoms with E-state index in [0.29, 0.717) is 11.8 Å². The van der Waals surface area contributed by atoms with Crippen molar-refractivity contribution in [3.8, 4) is 0 Å². The zero-order chi connectivity index (χ0) is 11.9. The Labute approximate surface area is 96.8 Å². The van der Waals surface area contributed by atoms with Gasteiger partial charge in [-0.15, -0.1) is 0 Å². The highest BCUT2D eigenvalue weighted by atomic mass is 16.2. The second kappa shape index (κ2) is 3.96. The number of amides is 1. The van der Waals surface area contributed by atoms with Crippen LogP contribution < -0.4 is 5.32 Å². The van der Waals surface area contributed by atoms with E-state index in [-0.39, 0.29) is 12.1 Å². The molecule has 0 unspecified atom stereocenters. The Hall–Kier alpha value is -1.25. The topological polar surface area (TPSA) is 34.0 Å². The Kier molecular flexibility index (Phi) is 2.78. The molecule has 16 heavy (non-hydrogen) atoms. The molecule has 88 valence electrons. The van der Waals surface area contributed by atoms with Crippen molar-refractivity contribution in [3.05, 3.63) is 23.5 Å². The number of hydrogen-bond acceptors (Lipinski definition) is 1. The van der Waals surface area contributed by atoms with Gasteiger partial charge < -0.3 is 5.32 Å². The minimum Gasteiger partial charge on any atom is -0.329 e. The summed E-state index contributed by atoms with van der Waals surface area (Å²) in [4.78, 5) is 11.9. The lowest BCUT2D eigenvalue weighted by Crippen LogP contribution is -2.23. The van der Waals surface area contributed by atoms with Gasteiger partial charge in [-0.3, -0.25) is 4.57 Å². The molecule has 0 aliphatic carbocycles. The van der Waals surface area contributed by atoms with Gasteiger partial charge in [0.15, 0.2) is 0 Å². The van der Waals surface area contributed by atoms with E-state index in [1.54, 1.807) is 0 Å². The maximum Gasteiger partial charge on any atom is 0.326 e. The van der Waals surface area contributed by atoms with E-state index < -0.39 is 0 Å². The first-order chi connectivity index (χ1) is 7.50. The van der Waals surface area contributed by atoms with Crippen LogP contribution in [0.3, 0.4) is 0 Å². The third-order valence-electron chi connectivity index (χ3n) is 3.10. The van der Waals surface area contributed by atoms with Crippen LogP contribution in [0, 0.1) is 5.92 Å². The fraction of sp³-hybridized carbons (Fsp3) is 0.615. The van der Waals surface area contributed by atoms with Crippen molar-refractivity contribution < 1.29 is 4.79 Å². The van der Waals surface area contributed by atoms with Gasteiger partial charge in [0.2, 0.25) is 0 Å². The second-order valence-electron chi connectivity index (χ2n) is 5.30. The zero-order valence-corrected chi connectivity index (χ0v) is 10.4. The maximum absolute atomic E-state index is 11.9. The van der Waals surface area contributed by atoms with Crippen LogP contribution in [-0.4, -0.2) is 10.6 Å². The predicted octanol–water partition coefficient (Wildman–Crippen LogP) is 3.27. The number of fused-ring (bicyclic) bond motifs is 1. The first kappa shape index (κ1) is 11.2. The van der Waals surface area contributed by atoms with Crippen molar-refractivity contribution in [2.75, 3.05) is 0 Å². The summed E-state index contributed by atoms with van der Waals surface area (Å²) in [6.45, 7) is 8.60. The molecule has 1 aromatic rings. The number of aromatic nitrogens is 1. The lowest BCUT2D eigenvalue weighted by Gasteiger charge is -2.11. The quantitative estimate of drug-likeness (QED) is 0.833. The molecule has 0 aromatic carbocycles. The van der Waals surface area contributed by atoms with Crippen molar-refractivity contribution in [1.29, 1.82) is 0 Å². The van der Waals surface area contributed by atoms with Crippen LogP contribution in [0.1, 0.15) is 57.5 Å². The van der Waals surface area contributed by atoms with Crippen LogP contribution in [0.2, 0.25) is 0 Å². The summed E-state index contributed by atoms with van der Waals surface area (Å²) in [5, 5.41) is 3.05. The van der Waals surface area contributed by atoms with Gasteiger partial charge in [0.05, 0.1) is 6.04 Å². The van der Waals surface area contributed by atoms with Gasteiger partial charge in [-0.05, 0) is 30.4 Å². The van der Waals surface area contributed by atoms with E-state index in [9.17, 15) is 4.79 Å². The molecule has 1 aliphatic rings. The van der Waals surface area contributed by atoms with Crippen LogP contribution in [0.25, 0.3) is 0 Å². The maximum atomic E-state index is 11.9. The highest BCUT2D eigenvalue weighted by Gasteiger charge is 2.30. The molecular weight excluding hydrogens is 200 g/mol. The lowest BCUT2D eigenvalue weighted by molar-refractivity contribution is 0.243. The van der Waals surface area contributed by atoms with E-state index in [2.05, 4.69) is 45.1 Å². The molecule has 1 aliphatic heterocycles. The number of rotatable bonds is 3. The van der Waals surface area contributed by atoms with Crippen LogP contribution >= 0.6 is 0 Å². The van der Waals surface area contributed by atoms with Gasteiger partial charge in [-0.1, -0.05) is 27.7 Å². The lowest BCUT2D eigenvalue weighted by atomic mass is 10.0. The summed E-state index contributed by atoms with van der Waals surface area (Å²) in [5.41, 5.74) is 2.24. The number of nitrogens with zero attached hydrogens (tertiary/aromatic N) is 1. The minimum absolute atomic E-state index is 0.0364. The average molecular weight is 220 g/mol. The third-order valence-corrected chi connectivity index (χ3v) is 3.10. The van der Waals surface area contributed by atoms with Gasteiger partial charge in [0, 0.05) is 11.4 Å². The summed E-state index contributed by atoms with van der Waals surface area (Å²) in [7, 11) is 0. The average Bonchev–Trinajstić information content (AvgIpc) is 2.68. The van der Waals surface area contributed by atoms with Gasteiger partial charge in [-0.25, -0.2) is 4.79 Å². The van der Waals surface area contributed by atoms with Crippen LogP contribution in [-0.2, 0) is 0 Å². The SMILES string of the molecule is CC(C)C[C@@H]1NC(=O)n2c(C(C)C)ccc21. The fourth-order valence-corrected chi connectivity index (χ4v) is 2.36. The molecule has 2 rings (SSSR count). The molecule has 0 radical (unpaired) electrons. The van der Waals surface area contributed by atoms with Crippen molar-refractivity contribution in [2.45, 2.75) is 46.1 Å². The molecule has 1 atom stereocenters. The highest BCUT2D eigenvalue weighted by Crippen LogP contribution is 2.30. The Bertz CT molecular complexity index is 404. The Morgan fingerprint density at radius 3 is 2.56 bits per heavy atom. The zero-order valence-electron chi connectivity index (χ0n) is 10.4. The number of carbonyl (C=O) groups is 1. The monoisotopic (exact) mass is 220 g/mol. The van der Waals surface area contributed by atoms with Gasteiger partial charge in [0.25, 0.3) is 0 Å². The van der Waals surface area contributed by atoms with E-state index in [0.717, 1.165) is 17.8 Å². The molecule has 0 fully saturated rings. The predicted molar refractivity (Wildman–Crippen MR) is 64.6 cm³/mol. The molecule has 1 aromatic heterocycles. The van der Waals surface area contributed by atoms with E-state index in [1.807, 2.05) is 4.57 Å². The fourth-order valence-electron chi connectivity index (χ4n) is 2.36. The Balaban J connectivity index is 2.34. The molecule has 1 N–H and O–H groups in total. The van der Waals surface area contributed by atoms with E-state index in [4.69, 9.17) is 0 Å². The molecule has 0 spiro atoms. The largest absolute Gasteiger partial charge is 0.329 e. The van der Waals surface area contributed by atoms with Gasteiger partial charge >= 0.3 is 6.03 Å². The van der Waals surface area contributed by atoms with Crippen molar-refractivity contribution in [2.24, 2.45) is 5.92 Å². The van der Waals surface area contributed by atoms with Crippen LogP contribution in [0.4, 0.5) is 4.79 Å². The molecule has 3 nitrogen and oxygen atoms in total. The van der Waals surface area contributed by atoms with E-state index >= 15 is 0 Å². The molecule has 2 heterocycles. The Morgan fingerprint density at radius 1 is 1.31 bits per heavy atom. The normalized spacial score (nSPS) is 19.4. The van der Waals surface area contributed by atoms with Crippen molar-refractivity contribution in [3.63, 3.8) is 0 Å². The number of hydrogen-bond donors (Lipinski definition) is 1.